The summed E-state index contributed by atoms with van der Waals surface area (Å²) in [5, 5.41) is 8.72. The number of unbranched alkanes of at least 4 members (excludes halogenated alkanes) is 4. The highest BCUT2D eigenvalue weighted by molar-refractivity contribution is 5.66. The third-order valence-electron chi connectivity index (χ3n) is 2.31. The lowest BCUT2D eigenvalue weighted by Gasteiger charge is -2.01. The Kier molecular flexibility index (Phi) is 6.06. The van der Waals surface area contributed by atoms with Crippen LogP contribution in [0.1, 0.15) is 92.1 Å². The average Bonchev–Trinajstić information content (AvgIpc) is 2.40. The van der Waals surface area contributed by atoms with Crippen molar-refractivity contribution in [2.24, 2.45) is 0 Å². The molecule has 0 aromatic rings. The third kappa shape index (κ3) is 13.5. The minimum absolute atomic E-state index is 0.144. The second-order valence-corrected chi connectivity index (χ2v) is 3.87. The quantitative estimate of drug-likeness (QED) is 0.494. The topological polar surface area (TPSA) is 37.3 Å². The number of hydrogen-bond donors (Lipinski definition) is 1. The van der Waals surface area contributed by atoms with Crippen molar-refractivity contribution in [1.82, 2.24) is 0 Å². The monoisotopic (exact) mass is 234 g/mol. The highest BCUT2D eigenvalue weighted by atomic mass is 16.4. The summed E-state index contributed by atoms with van der Waals surface area (Å²) in [6, 6.07) is 0. The van der Waals surface area contributed by atoms with E-state index in [-0.39, 0.29) is 6.42 Å². The van der Waals surface area contributed by atoms with Gasteiger partial charge >= 0.3 is 5.97 Å². The van der Waals surface area contributed by atoms with Gasteiger partial charge in [0.1, 0.15) is 0 Å². The van der Waals surface area contributed by atoms with E-state index < -0.39 is 25.1 Å². The molecule has 0 rings (SSSR count). The molecule has 0 amide bonds. The molecule has 0 aromatic carbocycles. The van der Waals surface area contributed by atoms with Crippen molar-refractivity contribution < 1.29 is 18.1 Å². The first-order valence-electron chi connectivity index (χ1n) is 9.20. The molecule has 0 bridgehead atoms. The van der Waals surface area contributed by atoms with Gasteiger partial charge < -0.3 is 5.11 Å². The van der Waals surface area contributed by atoms with Gasteiger partial charge in [-0.15, -0.1) is 0 Å². The van der Waals surface area contributed by atoms with E-state index in [1.807, 2.05) is 6.92 Å². The van der Waals surface area contributed by atoms with Gasteiger partial charge in [0.05, 0.1) is 0 Å². The molecule has 0 fully saturated rings. The number of rotatable bonds is 12. The van der Waals surface area contributed by atoms with Gasteiger partial charge in [0.2, 0.25) is 0 Å². The number of carboxylic acid groups (broad SMARTS) is 1. The van der Waals surface area contributed by atoms with Gasteiger partial charge in [-0.3, -0.25) is 4.79 Å². The fraction of sp³-hybridized carbons (Fsp3) is 0.929. The minimum atomic E-state index is -2.88. The van der Waals surface area contributed by atoms with Crippen LogP contribution < -0.4 is 0 Å². The maximum atomic E-state index is 10.7. The molecule has 0 aliphatic heterocycles. The van der Waals surface area contributed by atoms with Crippen LogP contribution in [0.4, 0.5) is 0 Å². The summed E-state index contributed by atoms with van der Waals surface area (Å²) in [5.41, 5.74) is 0. The second-order valence-electron chi connectivity index (χ2n) is 3.87. The Bertz CT molecular complexity index is 344. The lowest BCUT2D eigenvalue weighted by atomic mass is 10.1. The van der Waals surface area contributed by atoms with Crippen LogP contribution in [0.3, 0.4) is 0 Å². The molecule has 0 radical (unpaired) electrons. The van der Waals surface area contributed by atoms with E-state index in [9.17, 15) is 4.79 Å². The molecular weight excluding hydrogens is 200 g/mol. The Labute approximate surface area is 109 Å². The van der Waals surface area contributed by atoms with E-state index in [2.05, 4.69) is 0 Å². The Balaban J connectivity index is 3.97. The van der Waals surface area contributed by atoms with E-state index in [0.717, 1.165) is 19.3 Å². The highest BCUT2D eigenvalue weighted by Gasteiger charge is 1.96. The van der Waals surface area contributed by atoms with Crippen molar-refractivity contribution >= 4 is 5.97 Å². The van der Waals surface area contributed by atoms with E-state index in [1.165, 1.54) is 0 Å². The summed E-state index contributed by atoms with van der Waals surface area (Å²) in [5.74, 6) is -1.78. The molecule has 0 saturated heterocycles. The van der Waals surface area contributed by atoms with Crippen molar-refractivity contribution in [3.05, 3.63) is 0 Å². The minimum Gasteiger partial charge on any atom is -0.481 e. The molecule has 0 spiro atoms. The van der Waals surface area contributed by atoms with Crippen LogP contribution in [0.15, 0.2) is 0 Å². The molecule has 2 nitrogen and oxygen atoms in total. The summed E-state index contributed by atoms with van der Waals surface area (Å²) in [6.45, 7) is 2.03. The molecule has 2 heteroatoms. The predicted octanol–water partition coefficient (Wildman–Crippen LogP) is 4.77. The first kappa shape index (κ1) is 7.73. The van der Waals surface area contributed by atoms with Crippen LogP contribution in [-0.4, -0.2) is 11.1 Å². The van der Waals surface area contributed by atoms with Crippen LogP contribution in [0, 0.1) is 0 Å². The molecule has 0 aliphatic rings. The van der Waals surface area contributed by atoms with E-state index in [4.69, 9.17) is 13.3 Å². The Morgan fingerprint density at radius 3 is 2.00 bits per heavy atom. The predicted molar refractivity (Wildman–Crippen MR) is 68.7 cm³/mol. The molecular formula is C14H28O2. The SMILES string of the molecule is [2H]C([2H])(CCCC)CCCCCCC([2H])([2H])C([2H])([2H])C(=O)O. The fourth-order valence-corrected chi connectivity index (χ4v) is 1.38. The van der Waals surface area contributed by atoms with Gasteiger partial charge in [-0.2, -0.15) is 0 Å². The molecule has 0 unspecified atom stereocenters. The summed E-state index contributed by atoms with van der Waals surface area (Å²) < 4.78 is 45.4. The van der Waals surface area contributed by atoms with Gasteiger partial charge in [0.25, 0.3) is 0 Å². The normalized spacial score (nSPS) is 18.8. The van der Waals surface area contributed by atoms with Crippen molar-refractivity contribution in [1.29, 1.82) is 0 Å². The summed E-state index contributed by atoms with van der Waals surface area (Å²) >= 11 is 0. The average molecular weight is 234 g/mol. The molecule has 0 atom stereocenters. The zero-order valence-corrected chi connectivity index (χ0v) is 10.2. The smallest absolute Gasteiger partial charge is 0.303 e. The zero-order chi connectivity index (χ0) is 17.4. The van der Waals surface area contributed by atoms with Crippen LogP contribution in [0.2, 0.25) is 0 Å². The van der Waals surface area contributed by atoms with Crippen LogP contribution >= 0.6 is 0 Å². The largest absolute Gasteiger partial charge is 0.481 e. The number of aliphatic carboxylic acids is 1. The second kappa shape index (κ2) is 12.5. The van der Waals surface area contributed by atoms with Gasteiger partial charge in [0, 0.05) is 14.6 Å². The van der Waals surface area contributed by atoms with Gasteiger partial charge in [-0.25, -0.2) is 0 Å². The molecule has 16 heavy (non-hydrogen) atoms. The van der Waals surface area contributed by atoms with Crippen molar-refractivity contribution in [3.8, 4) is 0 Å². The molecule has 96 valence electrons. The molecule has 0 saturated carbocycles. The standard InChI is InChI=1S/C14H28O2/c1-2-3-4-5-6-7-8-9-10-11-12-13-14(15)16/h2-13H2,1H3,(H,15,16)/i5D2,12D2,13D2. The fourth-order valence-electron chi connectivity index (χ4n) is 1.38. The van der Waals surface area contributed by atoms with Crippen molar-refractivity contribution in [2.75, 3.05) is 0 Å². The maximum absolute atomic E-state index is 10.7. The Morgan fingerprint density at radius 2 is 1.44 bits per heavy atom. The first-order valence-corrected chi connectivity index (χ1v) is 6.20. The number of carbonyl (C=O) groups is 1. The molecule has 0 heterocycles. The molecule has 1 N–H and O–H groups in total. The summed E-state index contributed by atoms with van der Waals surface area (Å²) in [7, 11) is 0. The summed E-state index contributed by atoms with van der Waals surface area (Å²) in [4.78, 5) is 10.7. The van der Waals surface area contributed by atoms with Gasteiger partial charge in [-0.05, 0) is 6.37 Å². The summed E-state index contributed by atoms with van der Waals surface area (Å²) in [6.07, 6.45) is -1.17. The number of carboxylic acids is 1. The maximum Gasteiger partial charge on any atom is 0.303 e. The van der Waals surface area contributed by atoms with E-state index in [1.54, 1.807) is 0 Å². The Morgan fingerprint density at radius 1 is 0.938 bits per heavy atom. The van der Waals surface area contributed by atoms with E-state index >= 15 is 0 Å². The third-order valence-corrected chi connectivity index (χ3v) is 2.31. The van der Waals surface area contributed by atoms with Gasteiger partial charge in [-0.1, -0.05) is 71.1 Å². The lowest BCUT2D eigenvalue weighted by Crippen LogP contribution is -1.93. The van der Waals surface area contributed by atoms with Crippen LogP contribution in [-0.2, 0) is 4.79 Å². The van der Waals surface area contributed by atoms with Crippen molar-refractivity contribution in [3.63, 3.8) is 0 Å². The van der Waals surface area contributed by atoms with Crippen LogP contribution in [0.5, 0.6) is 0 Å². The highest BCUT2D eigenvalue weighted by Crippen LogP contribution is 2.11. The number of hydrogen-bond acceptors (Lipinski definition) is 1. The van der Waals surface area contributed by atoms with Crippen molar-refractivity contribution in [2.45, 2.75) is 83.8 Å². The first-order chi connectivity index (χ1) is 9.96. The molecule has 0 aromatic heterocycles. The van der Waals surface area contributed by atoms with Gasteiger partial charge in [0.15, 0.2) is 0 Å². The van der Waals surface area contributed by atoms with E-state index in [0.29, 0.717) is 32.1 Å². The molecule has 0 aliphatic carbocycles. The lowest BCUT2D eigenvalue weighted by molar-refractivity contribution is -0.137. The Hall–Kier alpha value is -0.530. The van der Waals surface area contributed by atoms with Crippen LogP contribution in [0.25, 0.3) is 0 Å². The zero-order valence-electron chi connectivity index (χ0n) is 16.2.